The highest BCUT2D eigenvalue weighted by Crippen LogP contribution is 2.16. The summed E-state index contributed by atoms with van der Waals surface area (Å²) in [6.45, 7) is 3.40. The molecule has 2 aromatic carbocycles. The van der Waals surface area contributed by atoms with Gasteiger partial charge in [-0.3, -0.25) is 14.7 Å². The fraction of sp³-hybridized carbons (Fsp3) is 0.250. The van der Waals surface area contributed by atoms with E-state index < -0.39 is 0 Å². The zero-order valence-corrected chi connectivity index (χ0v) is 17.6. The van der Waals surface area contributed by atoms with Crippen molar-refractivity contribution in [1.29, 1.82) is 0 Å². The summed E-state index contributed by atoms with van der Waals surface area (Å²) in [5, 5.41) is 3.70. The van der Waals surface area contributed by atoms with E-state index in [1.807, 2.05) is 54.3 Å². The number of aromatic nitrogens is 1. The number of rotatable bonds is 9. The Morgan fingerprint density at radius 3 is 2.50 bits per heavy atom. The van der Waals surface area contributed by atoms with Crippen molar-refractivity contribution in [3.05, 3.63) is 101 Å². The number of amides is 1. The van der Waals surface area contributed by atoms with Crippen molar-refractivity contribution in [3.8, 4) is 0 Å². The molecule has 1 amide bonds. The van der Waals surface area contributed by atoms with E-state index in [2.05, 4.69) is 10.3 Å². The minimum Gasteiger partial charge on any atom is -0.348 e. The highest BCUT2D eigenvalue weighted by Gasteiger charge is 2.15. The largest absolute Gasteiger partial charge is 0.348 e. The van der Waals surface area contributed by atoms with E-state index in [0.29, 0.717) is 18.1 Å². The van der Waals surface area contributed by atoms with E-state index in [9.17, 15) is 9.18 Å². The summed E-state index contributed by atoms with van der Waals surface area (Å²) in [4.78, 5) is 19.1. The molecule has 0 aliphatic rings. The lowest BCUT2D eigenvalue weighted by Crippen LogP contribution is -2.39. The van der Waals surface area contributed by atoms with Gasteiger partial charge in [0.2, 0.25) is 5.91 Å². The standard InChI is InChI=1S/C24H25ClFN3O/c1-18(20-7-9-21(25)10-8-20)28-24(30)17-29(15-13-23-4-2-3-14-27-23)16-19-5-11-22(26)12-6-19/h2-12,14,18H,13,15-17H2,1H3,(H,28,30). The summed E-state index contributed by atoms with van der Waals surface area (Å²) >= 11 is 5.94. The van der Waals surface area contributed by atoms with Crippen LogP contribution in [0.3, 0.4) is 0 Å². The van der Waals surface area contributed by atoms with E-state index >= 15 is 0 Å². The zero-order chi connectivity index (χ0) is 21.3. The molecule has 0 radical (unpaired) electrons. The van der Waals surface area contributed by atoms with Crippen molar-refractivity contribution < 1.29 is 9.18 Å². The van der Waals surface area contributed by atoms with Gasteiger partial charge in [-0.25, -0.2) is 4.39 Å². The molecule has 1 aromatic heterocycles. The Balaban J connectivity index is 1.63. The summed E-state index contributed by atoms with van der Waals surface area (Å²) in [5.41, 5.74) is 2.92. The summed E-state index contributed by atoms with van der Waals surface area (Å²) in [6, 6.07) is 19.5. The van der Waals surface area contributed by atoms with Gasteiger partial charge in [-0.05, 0) is 54.4 Å². The van der Waals surface area contributed by atoms with Crippen LogP contribution in [0.5, 0.6) is 0 Å². The normalized spacial score (nSPS) is 12.0. The van der Waals surface area contributed by atoms with Gasteiger partial charge in [-0.15, -0.1) is 0 Å². The average molecular weight is 426 g/mol. The van der Waals surface area contributed by atoms with E-state index in [1.165, 1.54) is 12.1 Å². The molecule has 0 bridgehead atoms. The second kappa shape index (κ2) is 10.9. The summed E-state index contributed by atoms with van der Waals surface area (Å²) in [5.74, 6) is -0.339. The van der Waals surface area contributed by atoms with Gasteiger partial charge < -0.3 is 5.32 Å². The van der Waals surface area contributed by atoms with Gasteiger partial charge in [0.1, 0.15) is 5.82 Å². The molecule has 3 aromatic rings. The SMILES string of the molecule is CC(NC(=O)CN(CCc1ccccn1)Cc1ccc(F)cc1)c1ccc(Cl)cc1. The maximum Gasteiger partial charge on any atom is 0.234 e. The van der Waals surface area contributed by atoms with Gasteiger partial charge in [0.05, 0.1) is 12.6 Å². The van der Waals surface area contributed by atoms with E-state index in [-0.39, 0.29) is 24.3 Å². The van der Waals surface area contributed by atoms with Crippen LogP contribution in [0.1, 0.15) is 29.8 Å². The Morgan fingerprint density at radius 1 is 1.10 bits per heavy atom. The quantitative estimate of drug-likeness (QED) is 0.535. The maximum atomic E-state index is 13.2. The minimum atomic E-state index is -0.270. The van der Waals surface area contributed by atoms with Crippen molar-refractivity contribution in [1.82, 2.24) is 15.2 Å². The van der Waals surface area contributed by atoms with Gasteiger partial charge >= 0.3 is 0 Å². The number of carbonyl (C=O) groups is 1. The molecule has 3 rings (SSSR count). The fourth-order valence-electron chi connectivity index (χ4n) is 3.21. The zero-order valence-electron chi connectivity index (χ0n) is 16.9. The van der Waals surface area contributed by atoms with Gasteiger partial charge in [-0.2, -0.15) is 0 Å². The summed E-state index contributed by atoms with van der Waals surface area (Å²) in [7, 11) is 0. The average Bonchev–Trinajstić information content (AvgIpc) is 2.74. The molecule has 4 nitrogen and oxygen atoms in total. The maximum absolute atomic E-state index is 13.2. The number of hydrogen-bond acceptors (Lipinski definition) is 3. The van der Waals surface area contributed by atoms with Crippen molar-refractivity contribution >= 4 is 17.5 Å². The first-order valence-electron chi connectivity index (χ1n) is 9.91. The van der Waals surface area contributed by atoms with Crippen molar-refractivity contribution in [2.75, 3.05) is 13.1 Å². The van der Waals surface area contributed by atoms with Crippen LogP contribution >= 0.6 is 11.6 Å². The van der Waals surface area contributed by atoms with Crippen LogP contribution in [0.15, 0.2) is 72.9 Å². The van der Waals surface area contributed by atoms with E-state index in [4.69, 9.17) is 11.6 Å². The number of halogens is 2. The molecule has 156 valence electrons. The number of carbonyl (C=O) groups excluding carboxylic acids is 1. The third-order valence-corrected chi connectivity index (χ3v) is 5.10. The van der Waals surface area contributed by atoms with Crippen LogP contribution in [-0.2, 0) is 17.8 Å². The minimum absolute atomic E-state index is 0.0689. The lowest BCUT2D eigenvalue weighted by atomic mass is 10.1. The fourth-order valence-corrected chi connectivity index (χ4v) is 3.33. The van der Waals surface area contributed by atoms with Crippen molar-refractivity contribution in [2.45, 2.75) is 25.9 Å². The van der Waals surface area contributed by atoms with Crippen LogP contribution in [-0.4, -0.2) is 28.9 Å². The molecule has 0 saturated heterocycles. The van der Waals surface area contributed by atoms with Gasteiger partial charge in [0.15, 0.2) is 0 Å². The molecule has 0 spiro atoms. The monoisotopic (exact) mass is 425 g/mol. The second-order valence-electron chi connectivity index (χ2n) is 7.25. The first kappa shape index (κ1) is 21.9. The van der Waals surface area contributed by atoms with Crippen LogP contribution in [0.25, 0.3) is 0 Å². The van der Waals surface area contributed by atoms with Gasteiger partial charge in [0, 0.05) is 36.4 Å². The molecule has 1 heterocycles. The smallest absolute Gasteiger partial charge is 0.234 e. The number of hydrogen-bond donors (Lipinski definition) is 1. The molecule has 1 atom stereocenters. The third-order valence-electron chi connectivity index (χ3n) is 4.84. The van der Waals surface area contributed by atoms with Crippen molar-refractivity contribution in [3.63, 3.8) is 0 Å². The molecular formula is C24H25ClFN3O. The molecule has 30 heavy (non-hydrogen) atoms. The number of pyridine rings is 1. The highest BCUT2D eigenvalue weighted by molar-refractivity contribution is 6.30. The summed E-state index contributed by atoms with van der Waals surface area (Å²) in [6.07, 6.45) is 2.49. The summed E-state index contributed by atoms with van der Waals surface area (Å²) < 4.78 is 13.2. The second-order valence-corrected chi connectivity index (χ2v) is 7.69. The van der Waals surface area contributed by atoms with Crippen LogP contribution < -0.4 is 5.32 Å². The highest BCUT2D eigenvalue weighted by atomic mass is 35.5. The first-order chi connectivity index (χ1) is 14.5. The Bertz CT molecular complexity index is 933. The lowest BCUT2D eigenvalue weighted by Gasteiger charge is -2.23. The number of nitrogens with zero attached hydrogens (tertiary/aromatic N) is 2. The molecular weight excluding hydrogens is 401 g/mol. The molecule has 0 aliphatic carbocycles. The van der Waals surface area contributed by atoms with E-state index in [0.717, 1.165) is 23.2 Å². The van der Waals surface area contributed by atoms with E-state index in [1.54, 1.807) is 18.3 Å². The molecule has 6 heteroatoms. The predicted molar refractivity (Wildman–Crippen MR) is 118 cm³/mol. The van der Waals surface area contributed by atoms with Gasteiger partial charge in [-0.1, -0.05) is 41.9 Å². The molecule has 1 N–H and O–H groups in total. The van der Waals surface area contributed by atoms with Crippen molar-refractivity contribution in [2.24, 2.45) is 0 Å². The molecule has 0 aliphatic heterocycles. The lowest BCUT2D eigenvalue weighted by molar-refractivity contribution is -0.123. The van der Waals surface area contributed by atoms with Crippen LogP contribution in [0.4, 0.5) is 4.39 Å². The van der Waals surface area contributed by atoms with Gasteiger partial charge in [0.25, 0.3) is 0 Å². The third kappa shape index (κ3) is 6.94. The Kier molecular flexibility index (Phi) is 7.94. The Hall–Kier alpha value is -2.76. The van der Waals surface area contributed by atoms with Crippen LogP contribution in [0.2, 0.25) is 5.02 Å². The Morgan fingerprint density at radius 2 is 1.83 bits per heavy atom. The number of benzene rings is 2. The van der Waals surface area contributed by atoms with Crippen LogP contribution in [0, 0.1) is 5.82 Å². The predicted octanol–water partition coefficient (Wildman–Crippen LogP) is 4.80. The molecule has 1 unspecified atom stereocenters. The number of nitrogens with one attached hydrogen (secondary N) is 1. The topological polar surface area (TPSA) is 45.2 Å². The molecule has 0 fully saturated rings. The first-order valence-corrected chi connectivity index (χ1v) is 10.3. The Labute approximate surface area is 181 Å². The molecule has 0 saturated carbocycles.